The monoisotopic (exact) mass is 249 g/mol. The van der Waals surface area contributed by atoms with E-state index in [2.05, 4.69) is 8.75 Å². The maximum atomic E-state index is 9.04. The molecule has 0 aliphatic carbocycles. The number of hydrogen-bond donors (Lipinski definition) is 1. The molecule has 0 aromatic carbocycles. The topological polar surface area (TPSA) is 58.5 Å². The van der Waals surface area contributed by atoms with Crippen LogP contribution in [0.25, 0.3) is 0 Å². The van der Waals surface area contributed by atoms with Gasteiger partial charge in [-0.2, -0.15) is 8.75 Å². The van der Waals surface area contributed by atoms with Crippen LogP contribution in [-0.4, -0.2) is 45.8 Å². The molecule has 1 aromatic heterocycles. The summed E-state index contributed by atoms with van der Waals surface area (Å²) in [6.07, 6.45) is -0.168. The number of aliphatic hydroxyl groups excluding tert-OH is 1. The van der Waals surface area contributed by atoms with Gasteiger partial charge in [0.2, 0.25) is 0 Å². The van der Waals surface area contributed by atoms with Crippen LogP contribution in [0.1, 0.15) is 6.92 Å². The van der Waals surface area contributed by atoms with Crippen LogP contribution in [0, 0.1) is 0 Å². The number of aromatic nitrogens is 2. The Bertz CT molecular complexity index is 335. The van der Waals surface area contributed by atoms with Gasteiger partial charge in [0.15, 0.2) is 11.0 Å². The molecule has 84 valence electrons. The average molecular weight is 250 g/mol. The van der Waals surface area contributed by atoms with Gasteiger partial charge in [-0.25, -0.2) is 0 Å². The minimum atomic E-state index is -0.168. The highest BCUT2D eigenvalue weighted by molar-refractivity contribution is 6.99. The molecule has 5 nitrogen and oxygen atoms in total. The van der Waals surface area contributed by atoms with E-state index in [0.29, 0.717) is 24.1 Å². The fourth-order valence-corrected chi connectivity index (χ4v) is 2.32. The summed E-state index contributed by atoms with van der Waals surface area (Å²) in [6, 6.07) is 0.203. The summed E-state index contributed by atoms with van der Waals surface area (Å²) in [5.74, 6) is 0.691. The van der Waals surface area contributed by atoms with Gasteiger partial charge in [-0.3, -0.25) is 0 Å². The number of hydrogen-bond acceptors (Lipinski definition) is 6. The molecule has 7 heteroatoms. The molecule has 0 bridgehead atoms. The highest BCUT2D eigenvalue weighted by atomic mass is 35.5. The van der Waals surface area contributed by atoms with Crippen LogP contribution in [0.5, 0.6) is 0 Å². The Morgan fingerprint density at radius 2 is 2.47 bits per heavy atom. The van der Waals surface area contributed by atoms with Crippen molar-refractivity contribution in [2.24, 2.45) is 0 Å². The molecule has 1 aromatic rings. The van der Waals surface area contributed by atoms with Crippen LogP contribution in [0.3, 0.4) is 0 Å². The number of anilines is 1. The van der Waals surface area contributed by atoms with Crippen molar-refractivity contribution in [3.8, 4) is 0 Å². The molecule has 0 radical (unpaired) electrons. The number of nitrogens with zero attached hydrogens (tertiary/aromatic N) is 3. The Morgan fingerprint density at radius 3 is 3.07 bits per heavy atom. The average Bonchev–Trinajstić information content (AvgIpc) is 2.65. The molecule has 2 heterocycles. The van der Waals surface area contributed by atoms with Gasteiger partial charge in [0, 0.05) is 6.54 Å². The van der Waals surface area contributed by atoms with Crippen molar-refractivity contribution in [3.63, 3.8) is 0 Å². The van der Waals surface area contributed by atoms with Gasteiger partial charge in [0.1, 0.15) is 0 Å². The zero-order chi connectivity index (χ0) is 10.8. The minimum Gasteiger partial charge on any atom is -0.394 e. The summed E-state index contributed by atoms with van der Waals surface area (Å²) < 4.78 is 13.5. The van der Waals surface area contributed by atoms with Gasteiger partial charge < -0.3 is 14.7 Å². The first kappa shape index (κ1) is 11.1. The summed E-state index contributed by atoms with van der Waals surface area (Å²) in [7, 11) is 0. The van der Waals surface area contributed by atoms with Crippen molar-refractivity contribution in [2.75, 3.05) is 24.7 Å². The summed E-state index contributed by atoms with van der Waals surface area (Å²) in [5.41, 5.74) is 0. The second-order valence-corrected chi connectivity index (χ2v) is 4.40. The van der Waals surface area contributed by atoms with Gasteiger partial charge in [-0.15, -0.1) is 0 Å². The zero-order valence-corrected chi connectivity index (χ0v) is 9.83. The van der Waals surface area contributed by atoms with Crippen LogP contribution >= 0.6 is 23.3 Å². The summed E-state index contributed by atoms with van der Waals surface area (Å²) >= 11 is 7.01. The first-order chi connectivity index (χ1) is 7.22. The lowest BCUT2D eigenvalue weighted by molar-refractivity contribution is -0.0105. The van der Waals surface area contributed by atoms with Crippen LogP contribution in [0.4, 0.5) is 5.82 Å². The van der Waals surface area contributed by atoms with Crippen molar-refractivity contribution in [2.45, 2.75) is 19.1 Å². The molecule has 1 fully saturated rings. The summed E-state index contributed by atoms with van der Waals surface area (Å²) in [6.45, 7) is 3.21. The van der Waals surface area contributed by atoms with Crippen LogP contribution in [0.15, 0.2) is 0 Å². The van der Waals surface area contributed by atoms with Crippen LogP contribution < -0.4 is 4.90 Å². The normalized spacial score (nSPS) is 27.0. The lowest BCUT2D eigenvalue weighted by Crippen LogP contribution is -2.49. The Morgan fingerprint density at radius 1 is 1.67 bits per heavy atom. The number of aliphatic hydroxyl groups is 1. The van der Waals surface area contributed by atoms with Crippen LogP contribution in [0.2, 0.25) is 5.15 Å². The Hall–Kier alpha value is -0.430. The molecule has 2 unspecified atom stereocenters. The van der Waals surface area contributed by atoms with E-state index in [-0.39, 0.29) is 18.8 Å². The molecule has 15 heavy (non-hydrogen) atoms. The predicted molar refractivity (Wildman–Crippen MR) is 58.6 cm³/mol. The third-order valence-corrected chi connectivity index (χ3v) is 3.29. The SMILES string of the molecule is CC1COC(CO)CN1c1nsnc1Cl. The molecular weight excluding hydrogens is 238 g/mol. The van der Waals surface area contributed by atoms with E-state index >= 15 is 0 Å². The highest BCUT2D eigenvalue weighted by Gasteiger charge is 2.28. The molecule has 2 atom stereocenters. The van der Waals surface area contributed by atoms with E-state index < -0.39 is 0 Å². The smallest absolute Gasteiger partial charge is 0.187 e. The van der Waals surface area contributed by atoms with E-state index in [1.54, 1.807) is 0 Å². The molecule has 0 amide bonds. The largest absolute Gasteiger partial charge is 0.394 e. The van der Waals surface area contributed by atoms with Crippen molar-refractivity contribution in [3.05, 3.63) is 5.15 Å². The van der Waals surface area contributed by atoms with Crippen molar-refractivity contribution >= 4 is 29.1 Å². The Balaban J connectivity index is 2.16. The summed E-state index contributed by atoms with van der Waals surface area (Å²) in [5, 5.41) is 9.47. The van der Waals surface area contributed by atoms with E-state index in [9.17, 15) is 0 Å². The molecule has 0 saturated carbocycles. The predicted octanol–water partition coefficient (Wildman–Crippen LogP) is 0.777. The molecule has 1 saturated heterocycles. The minimum absolute atomic E-state index is 0.0123. The Labute approximate surface area is 96.9 Å². The maximum absolute atomic E-state index is 9.04. The Kier molecular flexibility index (Phi) is 3.40. The molecule has 1 aliphatic rings. The highest BCUT2D eigenvalue weighted by Crippen LogP contribution is 2.27. The van der Waals surface area contributed by atoms with Gasteiger partial charge in [-0.05, 0) is 6.92 Å². The number of morpholine rings is 1. The van der Waals surface area contributed by atoms with E-state index in [0.717, 1.165) is 11.7 Å². The summed E-state index contributed by atoms with van der Waals surface area (Å²) in [4.78, 5) is 2.02. The van der Waals surface area contributed by atoms with Gasteiger partial charge in [-0.1, -0.05) is 11.6 Å². The van der Waals surface area contributed by atoms with Crippen LogP contribution in [-0.2, 0) is 4.74 Å². The lowest BCUT2D eigenvalue weighted by Gasteiger charge is -2.37. The first-order valence-corrected chi connectivity index (χ1v) is 5.80. The zero-order valence-electron chi connectivity index (χ0n) is 8.26. The first-order valence-electron chi connectivity index (χ1n) is 4.69. The third-order valence-electron chi connectivity index (χ3n) is 2.41. The van der Waals surface area contributed by atoms with Gasteiger partial charge >= 0.3 is 0 Å². The van der Waals surface area contributed by atoms with Crippen molar-refractivity contribution in [1.82, 2.24) is 8.75 Å². The van der Waals surface area contributed by atoms with Crippen molar-refractivity contribution in [1.29, 1.82) is 0 Å². The number of ether oxygens (including phenoxy) is 1. The third kappa shape index (κ3) is 2.23. The van der Waals surface area contributed by atoms with Gasteiger partial charge in [0.05, 0.1) is 37.1 Å². The quantitative estimate of drug-likeness (QED) is 0.839. The van der Waals surface area contributed by atoms with E-state index in [1.165, 1.54) is 0 Å². The lowest BCUT2D eigenvalue weighted by atomic mass is 10.2. The standard InChI is InChI=1S/C8H12ClN3O2S/c1-5-4-14-6(3-13)2-12(5)8-7(9)10-15-11-8/h5-6,13H,2-4H2,1H3. The second kappa shape index (κ2) is 4.61. The maximum Gasteiger partial charge on any atom is 0.187 e. The molecular formula is C8H12ClN3O2S. The van der Waals surface area contributed by atoms with E-state index in [1.807, 2.05) is 11.8 Å². The number of rotatable bonds is 2. The van der Waals surface area contributed by atoms with E-state index in [4.69, 9.17) is 21.4 Å². The molecule has 1 N–H and O–H groups in total. The molecule has 0 spiro atoms. The van der Waals surface area contributed by atoms with Crippen molar-refractivity contribution < 1.29 is 9.84 Å². The fraction of sp³-hybridized carbons (Fsp3) is 0.750. The molecule has 1 aliphatic heterocycles. The fourth-order valence-electron chi connectivity index (χ4n) is 1.57. The second-order valence-electron chi connectivity index (χ2n) is 3.52. The van der Waals surface area contributed by atoms with Gasteiger partial charge in [0.25, 0.3) is 0 Å². The molecule has 2 rings (SSSR count). The number of halogens is 1.